The molecule has 2 aromatic rings. The Morgan fingerprint density at radius 1 is 1.10 bits per heavy atom. The average molecular weight is 596 g/mol. The molecule has 1 aliphatic carbocycles. The van der Waals surface area contributed by atoms with Crippen molar-refractivity contribution in [2.24, 2.45) is 5.41 Å². The molecular formula is C29H37F4N5O4. The number of amides is 1. The van der Waals surface area contributed by atoms with E-state index in [1.165, 1.54) is 18.5 Å². The molecule has 2 aliphatic rings. The molecule has 2 fully saturated rings. The number of hydrogen-bond acceptors (Lipinski definition) is 8. The minimum atomic E-state index is -4.44. The molecule has 230 valence electrons. The third-order valence-corrected chi connectivity index (χ3v) is 7.34. The van der Waals surface area contributed by atoms with Gasteiger partial charge in [-0.3, -0.25) is 4.79 Å². The van der Waals surface area contributed by atoms with E-state index in [1.54, 1.807) is 37.5 Å². The van der Waals surface area contributed by atoms with E-state index in [9.17, 15) is 22.8 Å². The summed E-state index contributed by atoms with van der Waals surface area (Å²) in [5.41, 5.74) is -1.85. The molecule has 1 aromatic carbocycles. The van der Waals surface area contributed by atoms with Gasteiger partial charge in [0.15, 0.2) is 11.6 Å². The highest BCUT2D eigenvalue weighted by molar-refractivity contribution is 5.78. The first-order chi connectivity index (χ1) is 19.7. The van der Waals surface area contributed by atoms with Crippen molar-refractivity contribution >= 4 is 23.7 Å². The number of anilines is 2. The van der Waals surface area contributed by atoms with Crippen LogP contribution >= 0.6 is 0 Å². The molecule has 9 nitrogen and oxygen atoms in total. The maximum absolute atomic E-state index is 15.8. The van der Waals surface area contributed by atoms with Crippen LogP contribution in [0.25, 0.3) is 0 Å². The van der Waals surface area contributed by atoms with Crippen molar-refractivity contribution in [2.75, 3.05) is 36.5 Å². The molecule has 1 saturated heterocycles. The van der Waals surface area contributed by atoms with Crippen LogP contribution in [0.2, 0.25) is 0 Å². The van der Waals surface area contributed by atoms with Crippen LogP contribution in [0.5, 0.6) is 0 Å². The van der Waals surface area contributed by atoms with E-state index in [-0.39, 0.29) is 63.3 Å². The second kappa shape index (κ2) is 12.3. The average Bonchev–Trinajstić information content (AvgIpc) is 3.76. The van der Waals surface area contributed by atoms with Crippen molar-refractivity contribution in [1.29, 1.82) is 0 Å². The van der Waals surface area contributed by atoms with E-state index in [0.29, 0.717) is 5.56 Å². The number of benzene rings is 1. The topological polar surface area (TPSA) is 96.9 Å². The van der Waals surface area contributed by atoms with Gasteiger partial charge in [-0.05, 0) is 71.1 Å². The summed E-state index contributed by atoms with van der Waals surface area (Å²) in [5, 5.41) is 2.97. The summed E-state index contributed by atoms with van der Waals surface area (Å²) in [7, 11) is 0. The third kappa shape index (κ3) is 7.60. The van der Waals surface area contributed by atoms with E-state index in [1.807, 2.05) is 0 Å². The van der Waals surface area contributed by atoms with Gasteiger partial charge in [0.25, 0.3) is 0 Å². The molecule has 1 amide bonds. The lowest BCUT2D eigenvalue weighted by molar-refractivity contribution is -0.157. The van der Waals surface area contributed by atoms with E-state index in [4.69, 9.17) is 9.47 Å². The van der Waals surface area contributed by atoms with Crippen LogP contribution in [0, 0.1) is 11.2 Å². The zero-order chi connectivity index (χ0) is 30.7. The molecule has 13 heteroatoms. The fraction of sp³-hybridized carbons (Fsp3) is 0.586. The fourth-order valence-corrected chi connectivity index (χ4v) is 4.88. The van der Waals surface area contributed by atoms with Crippen LogP contribution in [-0.2, 0) is 27.0 Å². The molecule has 1 saturated carbocycles. The smallest absolute Gasteiger partial charge is 0.416 e. The molecule has 0 unspecified atom stereocenters. The number of nitrogens with zero attached hydrogens (tertiary/aromatic N) is 4. The minimum absolute atomic E-state index is 0.00685. The van der Waals surface area contributed by atoms with E-state index in [2.05, 4.69) is 15.3 Å². The van der Waals surface area contributed by atoms with E-state index in [0.717, 1.165) is 25.0 Å². The summed E-state index contributed by atoms with van der Waals surface area (Å²) >= 11 is 0. The second-order valence-electron chi connectivity index (χ2n) is 11.7. The lowest BCUT2D eigenvalue weighted by atomic mass is 9.78. The predicted molar refractivity (Wildman–Crippen MR) is 147 cm³/mol. The number of aromatic nitrogens is 2. The van der Waals surface area contributed by atoms with Crippen LogP contribution in [0.15, 0.2) is 30.6 Å². The molecule has 1 N–H and O–H groups in total. The maximum atomic E-state index is 15.8. The van der Waals surface area contributed by atoms with Gasteiger partial charge in [-0.15, -0.1) is 0 Å². The summed E-state index contributed by atoms with van der Waals surface area (Å²) in [6, 6.07) is 4.76. The number of carbonyl (C=O) groups excluding carboxylic acids is 2. The predicted octanol–water partition coefficient (Wildman–Crippen LogP) is 5.80. The molecule has 1 aliphatic heterocycles. The lowest BCUT2D eigenvalue weighted by Crippen LogP contribution is -2.51. The molecule has 42 heavy (non-hydrogen) atoms. The lowest BCUT2D eigenvalue weighted by Gasteiger charge is -2.40. The number of hydrogen-bond donors (Lipinski definition) is 1. The number of carbonyl (C=O) groups is 2. The molecule has 0 atom stereocenters. The Morgan fingerprint density at radius 3 is 2.29 bits per heavy atom. The van der Waals surface area contributed by atoms with Crippen molar-refractivity contribution in [3.63, 3.8) is 0 Å². The third-order valence-electron chi connectivity index (χ3n) is 7.34. The van der Waals surface area contributed by atoms with Crippen LogP contribution in [0.1, 0.15) is 64.5 Å². The SMILES string of the molecule is CCOC(=O)C1(CNc2ncnc(N(Cc3ccc(C(F)(F)F)cc3)C3CC3)c2F)CCN(C(=O)OC(C)(C)C)CC1. The molecule has 4 rings (SSSR count). The Bertz CT molecular complexity index is 1250. The van der Waals surface area contributed by atoms with Crippen LogP contribution < -0.4 is 10.2 Å². The van der Waals surface area contributed by atoms with Gasteiger partial charge in [-0.1, -0.05) is 12.1 Å². The Balaban J connectivity index is 1.49. The van der Waals surface area contributed by atoms with Gasteiger partial charge in [-0.2, -0.15) is 17.6 Å². The number of rotatable bonds is 9. The fourth-order valence-electron chi connectivity index (χ4n) is 4.88. The number of esters is 1. The van der Waals surface area contributed by atoms with Crippen molar-refractivity contribution in [1.82, 2.24) is 14.9 Å². The first-order valence-electron chi connectivity index (χ1n) is 14.0. The molecule has 0 radical (unpaired) electrons. The van der Waals surface area contributed by atoms with Gasteiger partial charge < -0.3 is 24.6 Å². The summed E-state index contributed by atoms with van der Waals surface area (Å²) in [6.07, 6.45) is -1.54. The number of likely N-dealkylation sites (tertiary alicyclic amines) is 1. The van der Waals surface area contributed by atoms with Gasteiger partial charge in [0.2, 0.25) is 5.82 Å². The molecule has 0 bridgehead atoms. The standard InChI is InChI=1S/C29H37F4N5O4/c1-5-41-25(39)28(12-14-37(15-13-28)26(40)42-27(2,3)4)17-34-23-22(30)24(36-18-35-23)38(21-10-11-21)16-19-6-8-20(9-7-19)29(31,32)33/h6-9,18,21H,5,10-17H2,1-4H3,(H,34,35,36). The normalized spacial score (nSPS) is 17.0. The van der Waals surface area contributed by atoms with Crippen molar-refractivity contribution in [3.05, 3.63) is 47.5 Å². The summed E-state index contributed by atoms with van der Waals surface area (Å²) in [5.74, 6) is -1.24. The first kappa shape index (κ1) is 31.3. The van der Waals surface area contributed by atoms with Gasteiger partial charge >= 0.3 is 18.2 Å². The van der Waals surface area contributed by atoms with Gasteiger partial charge in [0, 0.05) is 32.2 Å². The highest BCUT2D eigenvalue weighted by Crippen LogP contribution is 2.37. The van der Waals surface area contributed by atoms with Gasteiger partial charge in [0.1, 0.15) is 11.9 Å². The van der Waals surface area contributed by atoms with Crippen LogP contribution in [-0.4, -0.2) is 64.8 Å². The highest BCUT2D eigenvalue weighted by atomic mass is 19.4. The molecular weight excluding hydrogens is 558 g/mol. The Labute approximate surface area is 242 Å². The summed E-state index contributed by atoms with van der Waals surface area (Å²) in [6.45, 7) is 7.91. The number of halogens is 4. The Hall–Kier alpha value is -3.64. The van der Waals surface area contributed by atoms with Gasteiger partial charge in [0.05, 0.1) is 17.6 Å². The number of nitrogens with one attached hydrogen (secondary N) is 1. The number of ether oxygens (including phenoxy) is 2. The monoisotopic (exact) mass is 595 g/mol. The van der Waals surface area contributed by atoms with Crippen molar-refractivity contribution in [3.8, 4) is 0 Å². The zero-order valence-electron chi connectivity index (χ0n) is 24.3. The minimum Gasteiger partial charge on any atom is -0.466 e. The second-order valence-corrected chi connectivity index (χ2v) is 11.7. The molecule has 0 spiro atoms. The van der Waals surface area contributed by atoms with Crippen LogP contribution in [0.4, 0.5) is 34.0 Å². The maximum Gasteiger partial charge on any atom is 0.416 e. The van der Waals surface area contributed by atoms with E-state index < -0.39 is 40.6 Å². The quantitative estimate of drug-likeness (QED) is 0.287. The van der Waals surface area contributed by atoms with Crippen LogP contribution in [0.3, 0.4) is 0 Å². The van der Waals surface area contributed by atoms with Gasteiger partial charge in [-0.25, -0.2) is 14.8 Å². The summed E-state index contributed by atoms with van der Waals surface area (Å²) < 4.78 is 65.6. The van der Waals surface area contributed by atoms with Crippen molar-refractivity contribution in [2.45, 2.75) is 77.7 Å². The number of piperidine rings is 1. The van der Waals surface area contributed by atoms with Crippen molar-refractivity contribution < 1.29 is 36.6 Å². The molecule has 1 aromatic heterocycles. The molecule has 2 heterocycles. The summed E-state index contributed by atoms with van der Waals surface area (Å²) in [4.78, 5) is 37.1. The highest BCUT2D eigenvalue weighted by Gasteiger charge is 2.44. The Morgan fingerprint density at radius 2 is 1.74 bits per heavy atom. The zero-order valence-corrected chi connectivity index (χ0v) is 24.3. The first-order valence-corrected chi connectivity index (χ1v) is 14.0. The number of alkyl halides is 3. The Kier molecular flexibility index (Phi) is 9.17. The van der Waals surface area contributed by atoms with E-state index >= 15 is 4.39 Å². The largest absolute Gasteiger partial charge is 0.466 e.